The Hall–Kier alpha value is -1.29. The van der Waals surface area contributed by atoms with Crippen LogP contribution in [0.5, 0.6) is 0 Å². The average Bonchev–Trinajstić information content (AvgIpc) is 2.63. The van der Waals surface area contributed by atoms with Gasteiger partial charge < -0.3 is 15.5 Å². The molecule has 0 bridgehead atoms. The summed E-state index contributed by atoms with van der Waals surface area (Å²) in [5.74, 6) is 1.59. The summed E-state index contributed by atoms with van der Waals surface area (Å²) in [7, 11) is 0. The first-order valence-electron chi connectivity index (χ1n) is 5.28. The molecule has 82 valence electrons. The lowest BCUT2D eigenvalue weighted by molar-refractivity contribution is 0.0866. The summed E-state index contributed by atoms with van der Waals surface area (Å²) in [4.78, 5) is 11.6. The summed E-state index contributed by atoms with van der Waals surface area (Å²) < 4.78 is 5.25. The van der Waals surface area contributed by atoms with Crippen molar-refractivity contribution in [3.63, 3.8) is 0 Å². The van der Waals surface area contributed by atoms with Gasteiger partial charge >= 0.3 is 0 Å². The molecule has 1 amide bonds. The van der Waals surface area contributed by atoms with Gasteiger partial charge in [0.25, 0.3) is 5.91 Å². The van der Waals surface area contributed by atoms with Gasteiger partial charge in [-0.2, -0.15) is 0 Å². The molecule has 1 heterocycles. The third-order valence-corrected chi connectivity index (χ3v) is 2.80. The van der Waals surface area contributed by atoms with Crippen LogP contribution in [0.2, 0.25) is 0 Å². The molecule has 1 aliphatic rings. The van der Waals surface area contributed by atoms with Crippen LogP contribution in [0, 0.1) is 5.92 Å². The van der Waals surface area contributed by atoms with Gasteiger partial charge in [0.1, 0.15) is 5.76 Å². The molecule has 15 heavy (non-hydrogen) atoms. The molecule has 3 N–H and O–H groups in total. The van der Waals surface area contributed by atoms with Crippen LogP contribution in [0.25, 0.3) is 0 Å². The van der Waals surface area contributed by atoms with Crippen molar-refractivity contribution in [1.29, 1.82) is 0 Å². The standard InChI is InChI=1S/C11H16N2O2/c1-7-4-8(5-7)13-11(14)10-3-2-9(6-12)15-10/h2-3,7-8H,4-6,12H2,1H3,(H,13,14). The second-order valence-corrected chi connectivity index (χ2v) is 4.22. The molecule has 1 fully saturated rings. The lowest BCUT2D eigenvalue weighted by Gasteiger charge is -2.32. The van der Waals surface area contributed by atoms with Gasteiger partial charge in [0.15, 0.2) is 5.76 Å². The fourth-order valence-electron chi connectivity index (χ4n) is 1.89. The zero-order valence-corrected chi connectivity index (χ0v) is 8.82. The van der Waals surface area contributed by atoms with Crippen molar-refractivity contribution >= 4 is 5.91 Å². The SMILES string of the molecule is CC1CC(NC(=O)c2ccc(CN)o2)C1. The van der Waals surface area contributed by atoms with Crippen LogP contribution in [0.3, 0.4) is 0 Å². The first kappa shape index (κ1) is 10.2. The first-order valence-corrected chi connectivity index (χ1v) is 5.28. The number of rotatable bonds is 3. The third kappa shape index (κ3) is 2.21. The number of hydrogen-bond acceptors (Lipinski definition) is 3. The summed E-state index contributed by atoms with van der Waals surface area (Å²) in [5.41, 5.74) is 5.39. The molecular formula is C11H16N2O2. The second-order valence-electron chi connectivity index (χ2n) is 4.22. The van der Waals surface area contributed by atoms with Crippen molar-refractivity contribution in [1.82, 2.24) is 5.32 Å². The average molecular weight is 208 g/mol. The van der Waals surface area contributed by atoms with Crippen LogP contribution >= 0.6 is 0 Å². The Balaban J connectivity index is 1.90. The molecule has 1 aromatic rings. The third-order valence-electron chi connectivity index (χ3n) is 2.80. The van der Waals surface area contributed by atoms with Crippen molar-refractivity contribution in [3.05, 3.63) is 23.7 Å². The van der Waals surface area contributed by atoms with Crippen molar-refractivity contribution in [2.75, 3.05) is 0 Å². The van der Waals surface area contributed by atoms with Crippen molar-refractivity contribution in [2.45, 2.75) is 32.4 Å². The Morgan fingerprint density at radius 3 is 2.87 bits per heavy atom. The van der Waals surface area contributed by atoms with E-state index in [0.29, 0.717) is 24.1 Å². The maximum absolute atomic E-state index is 11.6. The topological polar surface area (TPSA) is 68.3 Å². The lowest BCUT2D eigenvalue weighted by Crippen LogP contribution is -2.43. The summed E-state index contributed by atoms with van der Waals surface area (Å²) in [5, 5.41) is 2.93. The van der Waals surface area contributed by atoms with E-state index in [-0.39, 0.29) is 5.91 Å². The minimum absolute atomic E-state index is 0.133. The summed E-state index contributed by atoms with van der Waals surface area (Å²) in [6, 6.07) is 3.72. The van der Waals surface area contributed by atoms with Crippen molar-refractivity contribution in [2.24, 2.45) is 11.7 Å². The number of furan rings is 1. The first-order chi connectivity index (χ1) is 7.19. The van der Waals surface area contributed by atoms with Gasteiger partial charge in [-0.1, -0.05) is 6.92 Å². The highest BCUT2D eigenvalue weighted by Gasteiger charge is 2.27. The zero-order chi connectivity index (χ0) is 10.8. The quantitative estimate of drug-likeness (QED) is 0.786. The maximum Gasteiger partial charge on any atom is 0.287 e. The van der Waals surface area contributed by atoms with Gasteiger partial charge in [0.05, 0.1) is 6.54 Å². The Morgan fingerprint density at radius 2 is 2.33 bits per heavy atom. The van der Waals surface area contributed by atoms with Crippen molar-refractivity contribution < 1.29 is 9.21 Å². The summed E-state index contributed by atoms with van der Waals surface area (Å²) in [6.07, 6.45) is 2.13. The van der Waals surface area contributed by atoms with Crippen LogP contribution in [0.1, 0.15) is 36.1 Å². The van der Waals surface area contributed by atoms with E-state index in [1.165, 1.54) is 0 Å². The van der Waals surface area contributed by atoms with E-state index in [1.807, 2.05) is 0 Å². The Kier molecular flexibility index (Phi) is 2.77. The molecule has 0 aromatic carbocycles. The van der Waals surface area contributed by atoms with E-state index >= 15 is 0 Å². The van der Waals surface area contributed by atoms with E-state index in [1.54, 1.807) is 12.1 Å². The summed E-state index contributed by atoms with van der Waals surface area (Å²) >= 11 is 0. The summed E-state index contributed by atoms with van der Waals surface area (Å²) in [6.45, 7) is 2.51. The molecule has 1 aromatic heterocycles. The van der Waals surface area contributed by atoms with Crippen molar-refractivity contribution in [3.8, 4) is 0 Å². The molecular weight excluding hydrogens is 192 g/mol. The number of amides is 1. The predicted molar refractivity (Wildman–Crippen MR) is 56.3 cm³/mol. The molecule has 0 radical (unpaired) electrons. The molecule has 0 spiro atoms. The largest absolute Gasteiger partial charge is 0.455 e. The van der Waals surface area contributed by atoms with E-state index in [2.05, 4.69) is 12.2 Å². The molecule has 0 atom stereocenters. The van der Waals surface area contributed by atoms with Crippen LogP contribution in [0.15, 0.2) is 16.5 Å². The fraction of sp³-hybridized carbons (Fsp3) is 0.545. The fourth-order valence-corrected chi connectivity index (χ4v) is 1.89. The number of carbonyl (C=O) groups excluding carboxylic acids is 1. The molecule has 0 unspecified atom stereocenters. The Bertz CT molecular complexity index is 353. The zero-order valence-electron chi connectivity index (χ0n) is 8.82. The predicted octanol–water partition coefficient (Wildman–Crippen LogP) is 1.27. The lowest BCUT2D eigenvalue weighted by atomic mass is 9.82. The highest BCUT2D eigenvalue weighted by molar-refractivity contribution is 5.91. The molecule has 1 saturated carbocycles. The van der Waals surface area contributed by atoms with E-state index in [4.69, 9.17) is 10.2 Å². The van der Waals surface area contributed by atoms with Gasteiger partial charge in [-0.25, -0.2) is 0 Å². The van der Waals surface area contributed by atoms with Gasteiger partial charge in [0, 0.05) is 6.04 Å². The number of nitrogens with one attached hydrogen (secondary N) is 1. The van der Waals surface area contributed by atoms with Gasteiger partial charge in [0.2, 0.25) is 0 Å². The Morgan fingerprint density at radius 1 is 1.60 bits per heavy atom. The smallest absolute Gasteiger partial charge is 0.287 e. The van der Waals surface area contributed by atoms with E-state index < -0.39 is 0 Å². The minimum atomic E-state index is -0.133. The minimum Gasteiger partial charge on any atom is -0.455 e. The molecule has 4 nitrogen and oxygen atoms in total. The molecule has 0 saturated heterocycles. The second kappa shape index (κ2) is 4.06. The highest BCUT2D eigenvalue weighted by atomic mass is 16.4. The van der Waals surface area contributed by atoms with Gasteiger partial charge in [-0.3, -0.25) is 4.79 Å². The Labute approximate surface area is 88.8 Å². The van der Waals surface area contributed by atoms with E-state index in [9.17, 15) is 4.79 Å². The van der Waals surface area contributed by atoms with Crippen LogP contribution < -0.4 is 11.1 Å². The molecule has 2 rings (SSSR count). The molecule has 0 aliphatic heterocycles. The molecule has 1 aliphatic carbocycles. The highest BCUT2D eigenvalue weighted by Crippen LogP contribution is 2.26. The normalized spacial score (nSPS) is 24.7. The van der Waals surface area contributed by atoms with Gasteiger partial charge in [-0.15, -0.1) is 0 Å². The molecule has 4 heteroatoms. The number of carbonyl (C=O) groups is 1. The maximum atomic E-state index is 11.6. The van der Waals surface area contributed by atoms with Crippen LogP contribution in [0.4, 0.5) is 0 Å². The number of hydrogen-bond donors (Lipinski definition) is 2. The van der Waals surface area contributed by atoms with Crippen LogP contribution in [-0.4, -0.2) is 11.9 Å². The number of nitrogens with two attached hydrogens (primary N) is 1. The monoisotopic (exact) mass is 208 g/mol. The van der Waals surface area contributed by atoms with Crippen LogP contribution in [-0.2, 0) is 6.54 Å². The van der Waals surface area contributed by atoms with E-state index in [0.717, 1.165) is 18.8 Å². The van der Waals surface area contributed by atoms with Gasteiger partial charge in [-0.05, 0) is 30.9 Å².